The van der Waals surface area contributed by atoms with Crippen molar-refractivity contribution in [2.24, 2.45) is 5.73 Å². The SMILES string of the molecule is CC(O)CCOCN. The molecule has 1 unspecified atom stereocenters. The Labute approximate surface area is 49.4 Å². The average Bonchev–Trinajstić information content (AvgIpc) is 1.66. The largest absolute Gasteiger partial charge is 0.393 e. The molecule has 0 bridgehead atoms. The van der Waals surface area contributed by atoms with Crippen molar-refractivity contribution < 1.29 is 9.84 Å². The summed E-state index contributed by atoms with van der Waals surface area (Å²) in [4.78, 5) is 0. The van der Waals surface area contributed by atoms with Crippen LogP contribution in [0.15, 0.2) is 0 Å². The van der Waals surface area contributed by atoms with Crippen molar-refractivity contribution in [1.82, 2.24) is 0 Å². The molecular weight excluding hydrogens is 106 g/mol. The Bertz CT molecular complexity index is 47.7. The third kappa shape index (κ3) is 5.88. The summed E-state index contributed by atoms with van der Waals surface area (Å²) in [5, 5.41) is 8.66. The molecule has 0 spiro atoms. The van der Waals surface area contributed by atoms with Crippen LogP contribution in [0.2, 0.25) is 0 Å². The minimum Gasteiger partial charge on any atom is -0.393 e. The van der Waals surface area contributed by atoms with Gasteiger partial charge in [0.05, 0.1) is 19.4 Å². The van der Waals surface area contributed by atoms with Crippen molar-refractivity contribution in [3.63, 3.8) is 0 Å². The number of rotatable bonds is 4. The van der Waals surface area contributed by atoms with Gasteiger partial charge < -0.3 is 15.6 Å². The third-order valence-electron chi connectivity index (χ3n) is 0.798. The Morgan fingerprint density at radius 3 is 2.75 bits per heavy atom. The Balaban J connectivity index is 2.72. The molecule has 0 rings (SSSR count). The second-order valence-electron chi connectivity index (χ2n) is 1.71. The van der Waals surface area contributed by atoms with Crippen LogP contribution in [0.4, 0.5) is 0 Å². The van der Waals surface area contributed by atoms with Gasteiger partial charge in [-0.3, -0.25) is 0 Å². The number of hydrogen-bond donors (Lipinski definition) is 2. The van der Waals surface area contributed by atoms with Gasteiger partial charge in [-0.1, -0.05) is 0 Å². The molecule has 3 N–H and O–H groups in total. The molecule has 0 aliphatic heterocycles. The predicted octanol–water partition coefficient (Wildman–Crippen LogP) is -0.310. The van der Waals surface area contributed by atoms with Gasteiger partial charge >= 0.3 is 0 Å². The van der Waals surface area contributed by atoms with Gasteiger partial charge in [-0.25, -0.2) is 0 Å². The molecular formula is C5H13NO2. The number of ether oxygens (including phenoxy) is 1. The zero-order valence-corrected chi connectivity index (χ0v) is 5.13. The van der Waals surface area contributed by atoms with Crippen molar-refractivity contribution in [3.05, 3.63) is 0 Å². The first-order valence-electron chi connectivity index (χ1n) is 2.73. The molecule has 8 heavy (non-hydrogen) atoms. The molecule has 3 nitrogen and oxygen atoms in total. The molecule has 0 saturated carbocycles. The van der Waals surface area contributed by atoms with Gasteiger partial charge in [0.2, 0.25) is 0 Å². The molecule has 0 aromatic rings. The lowest BCUT2D eigenvalue weighted by Gasteiger charge is -2.01. The lowest BCUT2D eigenvalue weighted by molar-refractivity contribution is 0.0931. The van der Waals surface area contributed by atoms with Crippen molar-refractivity contribution in [2.45, 2.75) is 19.4 Å². The first-order chi connectivity index (χ1) is 3.77. The standard InChI is InChI=1S/C5H13NO2/c1-5(7)2-3-8-4-6/h5,7H,2-4,6H2,1H3. The summed E-state index contributed by atoms with van der Waals surface area (Å²) in [7, 11) is 0. The van der Waals surface area contributed by atoms with E-state index in [4.69, 9.17) is 15.6 Å². The van der Waals surface area contributed by atoms with Crippen LogP contribution in [0.25, 0.3) is 0 Å². The number of aliphatic hydroxyl groups excluding tert-OH is 1. The molecule has 0 aromatic heterocycles. The highest BCUT2D eigenvalue weighted by Gasteiger charge is 1.92. The van der Waals surface area contributed by atoms with Crippen molar-refractivity contribution >= 4 is 0 Å². The molecule has 0 aliphatic carbocycles. The highest BCUT2D eigenvalue weighted by molar-refractivity contribution is 4.42. The van der Waals surface area contributed by atoms with E-state index in [1.807, 2.05) is 0 Å². The summed E-state index contributed by atoms with van der Waals surface area (Å²) >= 11 is 0. The minimum absolute atomic E-state index is 0.243. The molecule has 1 atom stereocenters. The van der Waals surface area contributed by atoms with E-state index >= 15 is 0 Å². The van der Waals surface area contributed by atoms with Crippen LogP contribution in [0.5, 0.6) is 0 Å². The molecule has 0 amide bonds. The van der Waals surface area contributed by atoms with Crippen LogP contribution in [-0.4, -0.2) is 24.5 Å². The van der Waals surface area contributed by atoms with Crippen LogP contribution in [0.3, 0.4) is 0 Å². The van der Waals surface area contributed by atoms with Gasteiger partial charge in [0.25, 0.3) is 0 Å². The van der Waals surface area contributed by atoms with Gasteiger partial charge in [0.1, 0.15) is 0 Å². The topological polar surface area (TPSA) is 55.5 Å². The molecule has 0 radical (unpaired) electrons. The van der Waals surface area contributed by atoms with Gasteiger partial charge in [-0.2, -0.15) is 0 Å². The fourth-order valence-electron chi connectivity index (χ4n) is 0.337. The van der Waals surface area contributed by atoms with Crippen LogP contribution in [0, 0.1) is 0 Å². The van der Waals surface area contributed by atoms with Gasteiger partial charge in [-0.05, 0) is 13.3 Å². The molecule has 3 heteroatoms. The van der Waals surface area contributed by atoms with Crippen molar-refractivity contribution in [1.29, 1.82) is 0 Å². The fourth-order valence-corrected chi connectivity index (χ4v) is 0.337. The Kier molecular flexibility index (Phi) is 4.95. The maximum Gasteiger partial charge on any atom is 0.0940 e. The van der Waals surface area contributed by atoms with E-state index < -0.39 is 0 Å². The second kappa shape index (κ2) is 5.03. The van der Waals surface area contributed by atoms with E-state index in [0.717, 1.165) is 0 Å². The number of nitrogens with two attached hydrogens (primary N) is 1. The zero-order chi connectivity index (χ0) is 6.41. The normalized spacial score (nSPS) is 13.9. The summed E-state index contributed by atoms with van der Waals surface area (Å²) in [6.45, 7) is 2.51. The quantitative estimate of drug-likeness (QED) is 0.394. The van der Waals surface area contributed by atoms with E-state index in [1.54, 1.807) is 6.92 Å². The molecule has 0 aromatic carbocycles. The predicted molar refractivity (Wildman–Crippen MR) is 31.3 cm³/mol. The van der Waals surface area contributed by atoms with Crippen LogP contribution >= 0.6 is 0 Å². The molecule has 0 saturated heterocycles. The highest BCUT2D eigenvalue weighted by Crippen LogP contribution is 1.87. The molecule has 0 fully saturated rings. The van der Waals surface area contributed by atoms with E-state index in [2.05, 4.69) is 0 Å². The number of aliphatic hydroxyl groups is 1. The fraction of sp³-hybridized carbons (Fsp3) is 1.00. The Morgan fingerprint density at radius 1 is 1.75 bits per heavy atom. The molecule has 0 heterocycles. The van der Waals surface area contributed by atoms with Crippen LogP contribution < -0.4 is 5.73 Å². The summed E-state index contributed by atoms with van der Waals surface area (Å²) in [5.41, 5.74) is 5.01. The van der Waals surface area contributed by atoms with E-state index in [9.17, 15) is 0 Å². The Hall–Kier alpha value is -0.120. The monoisotopic (exact) mass is 119 g/mol. The zero-order valence-electron chi connectivity index (χ0n) is 5.13. The lowest BCUT2D eigenvalue weighted by Crippen LogP contribution is -2.10. The van der Waals surface area contributed by atoms with E-state index in [0.29, 0.717) is 13.0 Å². The second-order valence-corrected chi connectivity index (χ2v) is 1.71. The Morgan fingerprint density at radius 2 is 2.38 bits per heavy atom. The summed E-state index contributed by atoms with van der Waals surface area (Å²) in [6.07, 6.45) is 0.388. The van der Waals surface area contributed by atoms with Crippen molar-refractivity contribution in [2.75, 3.05) is 13.3 Å². The summed E-state index contributed by atoms with van der Waals surface area (Å²) < 4.78 is 4.76. The van der Waals surface area contributed by atoms with Gasteiger partial charge in [0.15, 0.2) is 0 Å². The van der Waals surface area contributed by atoms with Crippen LogP contribution in [0.1, 0.15) is 13.3 Å². The summed E-state index contributed by atoms with van der Waals surface area (Å²) in [6, 6.07) is 0. The van der Waals surface area contributed by atoms with Gasteiger partial charge in [-0.15, -0.1) is 0 Å². The van der Waals surface area contributed by atoms with Crippen molar-refractivity contribution in [3.8, 4) is 0 Å². The first-order valence-corrected chi connectivity index (χ1v) is 2.73. The number of hydrogen-bond acceptors (Lipinski definition) is 3. The minimum atomic E-state index is -0.276. The molecule has 50 valence electrons. The van der Waals surface area contributed by atoms with E-state index in [1.165, 1.54) is 0 Å². The first kappa shape index (κ1) is 7.88. The van der Waals surface area contributed by atoms with Crippen LogP contribution in [-0.2, 0) is 4.74 Å². The average molecular weight is 119 g/mol. The third-order valence-corrected chi connectivity index (χ3v) is 0.798. The van der Waals surface area contributed by atoms with E-state index in [-0.39, 0.29) is 12.8 Å². The smallest absolute Gasteiger partial charge is 0.0940 e. The maximum absolute atomic E-state index is 8.66. The maximum atomic E-state index is 8.66. The highest BCUT2D eigenvalue weighted by atomic mass is 16.5. The lowest BCUT2D eigenvalue weighted by atomic mass is 10.3. The molecule has 0 aliphatic rings. The van der Waals surface area contributed by atoms with Gasteiger partial charge in [0, 0.05) is 0 Å². The summed E-state index contributed by atoms with van der Waals surface area (Å²) in [5.74, 6) is 0.